The van der Waals surface area contributed by atoms with Crippen LogP contribution in [-0.2, 0) is 6.54 Å². The monoisotopic (exact) mass is 409 g/mol. The number of piperidine rings is 1. The van der Waals surface area contributed by atoms with E-state index in [0.29, 0.717) is 6.54 Å². The number of aromatic amines is 1. The van der Waals surface area contributed by atoms with Crippen LogP contribution in [-0.4, -0.2) is 34.1 Å². The first-order chi connectivity index (χ1) is 14.6. The molecule has 1 fully saturated rings. The van der Waals surface area contributed by atoms with Crippen molar-refractivity contribution in [3.8, 4) is 0 Å². The average Bonchev–Trinajstić information content (AvgIpc) is 3.29. The predicted molar refractivity (Wildman–Crippen MR) is 117 cm³/mol. The molecule has 1 unspecified atom stereocenters. The third-order valence-electron chi connectivity index (χ3n) is 5.60. The van der Waals surface area contributed by atoms with Crippen molar-refractivity contribution in [1.29, 1.82) is 0 Å². The molecule has 4 rings (SSSR count). The van der Waals surface area contributed by atoms with Crippen molar-refractivity contribution in [2.24, 2.45) is 0 Å². The SMILES string of the molecule is Nc1c(NCC(c2ccco2)N2CCCCC2)c(=O)[nH]c(=O)n1Cc1ccccc1. The van der Waals surface area contributed by atoms with Crippen LogP contribution in [0.15, 0.2) is 62.7 Å². The second-order valence-electron chi connectivity index (χ2n) is 7.60. The van der Waals surface area contributed by atoms with E-state index in [1.807, 2.05) is 42.5 Å². The molecule has 8 heteroatoms. The number of nitrogen functional groups attached to an aromatic ring is 1. The zero-order valence-corrected chi connectivity index (χ0v) is 16.8. The van der Waals surface area contributed by atoms with Crippen molar-refractivity contribution in [2.45, 2.75) is 31.8 Å². The molecule has 1 atom stereocenters. The highest BCUT2D eigenvalue weighted by molar-refractivity contribution is 5.60. The second-order valence-corrected chi connectivity index (χ2v) is 7.60. The van der Waals surface area contributed by atoms with Crippen LogP contribution in [0.3, 0.4) is 0 Å². The van der Waals surface area contributed by atoms with E-state index in [4.69, 9.17) is 10.2 Å². The molecule has 1 aliphatic rings. The topological polar surface area (TPSA) is 109 Å². The third-order valence-corrected chi connectivity index (χ3v) is 5.60. The lowest BCUT2D eigenvalue weighted by molar-refractivity contribution is 0.153. The third kappa shape index (κ3) is 4.33. The molecule has 3 heterocycles. The largest absolute Gasteiger partial charge is 0.468 e. The van der Waals surface area contributed by atoms with Crippen LogP contribution in [0.4, 0.5) is 11.5 Å². The Morgan fingerprint density at radius 1 is 1.07 bits per heavy atom. The fourth-order valence-corrected chi connectivity index (χ4v) is 4.00. The smallest absolute Gasteiger partial charge is 0.330 e. The van der Waals surface area contributed by atoms with Gasteiger partial charge in [0.1, 0.15) is 17.3 Å². The molecule has 0 aliphatic carbocycles. The van der Waals surface area contributed by atoms with Gasteiger partial charge >= 0.3 is 5.69 Å². The van der Waals surface area contributed by atoms with Gasteiger partial charge in [-0.1, -0.05) is 36.8 Å². The van der Waals surface area contributed by atoms with Gasteiger partial charge in [-0.25, -0.2) is 4.79 Å². The van der Waals surface area contributed by atoms with E-state index in [-0.39, 0.29) is 24.1 Å². The summed E-state index contributed by atoms with van der Waals surface area (Å²) in [5.41, 5.74) is 6.35. The van der Waals surface area contributed by atoms with Crippen LogP contribution in [0, 0.1) is 0 Å². The van der Waals surface area contributed by atoms with E-state index in [1.165, 1.54) is 11.0 Å². The fourth-order valence-electron chi connectivity index (χ4n) is 4.00. The lowest BCUT2D eigenvalue weighted by Gasteiger charge is -2.33. The lowest BCUT2D eigenvalue weighted by atomic mass is 10.1. The summed E-state index contributed by atoms with van der Waals surface area (Å²) in [6, 6.07) is 13.3. The van der Waals surface area contributed by atoms with Crippen LogP contribution in [0.5, 0.6) is 0 Å². The Labute approximate surface area is 174 Å². The van der Waals surface area contributed by atoms with Crippen LogP contribution in [0.1, 0.15) is 36.6 Å². The fraction of sp³-hybridized carbons (Fsp3) is 0.364. The minimum Gasteiger partial charge on any atom is -0.468 e. The molecule has 1 aliphatic heterocycles. The molecular formula is C22H27N5O3. The summed E-state index contributed by atoms with van der Waals surface area (Å²) in [6.45, 7) is 2.69. The standard InChI is InChI=1S/C22H27N5O3/c23-20-19(21(28)25-22(29)27(20)15-16-8-3-1-4-9-16)24-14-17(18-10-7-13-30-18)26-11-5-2-6-12-26/h1,3-4,7-10,13,17,24H,2,5-6,11-12,14-15,23H2,(H,25,28,29). The lowest BCUT2D eigenvalue weighted by Crippen LogP contribution is -2.39. The Kier molecular flexibility index (Phi) is 6.04. The molecule has 0 saturated carbocycles. The highest BCUT2D eigenvalue weighted by atomic mass is 16.3. The maximum atomic E-state index is 12.5. The Morgan fingerprint density at radius 2 is 1.83 bits per heavy atom. The molecule has 2 aromatic heterocycles. The minimum absolute atomic E-state index is 0.0198. The second kappa shape index (κ2) is 9.04. The van der Waals surface area contributed by atoms with Gasteiger partial charge in [0.15, 0.2) is 0 Å². The van der Waals surface area contributed by atoms with Crippen LogP contribution in [0.25, 0.3) is 0 Å². The first-order valence-electron chi connectivity index (χ1n) is 10.3. The van der Waals surface area contributed by atoms with Gasteiger partial charge in [-0.2, -0.15) is 0 Å². The van der Waals surface area contributed by atoms with Crippen molar-refractivity contribution in [1.82, 2.24) is 14.5 Å². The van der Waals surface area contributed by atoms with Gasteiger partial charge in [0, 0.05) is 6.54 Å². The summed E-state index contributed by atoms with van der Waals surface area (Å²) in [6.07, 6.45) is 5.17. The van der Waals surface area contributed by atoms with Gasteiger partial charge in [0.05, 0.1) is 18.8 Å². The molecule has 0 spiro atoms. The summed E-state index contributed by atoms with van der Waals surface area (Å²) in [5.74, 6) is 0.974. The molecule has 158 valence electrons. The molecule has 30 heavy (non-hydrogen) atoms. The first kappa shape index (κ1) is 20.0. The van der Waals surface area contributed by atoms with Gasteiger partial charge in [0.25, 0.3) is 5.56 Å². The number of hydrogen-bond acceptors (Lipinski definition) is 6. The summed E-state index contributed by atoms with van der Waals surface area (Å²) in [4.78, 5) is 29.6. The van der Waals surface area contributed by atoms with Crippen LogP contribution < -0.4 is 22.3 Å². The van der Waals surface area contributed by atoms with Crippen molar-refractivity contribution >= 4 is 11.5 Å². The zero-order valence-electron chi connectivity index (χ0n) is 16.8. The number of nitrogens with two attached hydrogens (primary N) is 1. The van der Waals surface area contributed by atoms with E-state index in [9.17, 15) is 9.59 Å². The molecule has 1 saturated heterocycles. The van der Waals surface area contributed by atoms with Crippen LogP contribution >= 0.6 is 0 Å². The van der Waals surface area contributed by atoms with Crippen molar-refractivity contribution in [3.05, 3.63) is 80.9 Å². The molecule has 0 amide bonds. The number of H-pyrrole nitrogens is 1. The summed E-state index contributed by atoms with van der Waals surface area (Å²) in [7, 11) is 0. The number of rotatable bonds is 7. The van der Waals surface area contributed by atoms with Crippen LogP contribution in [0.2, 0.25) is 0 Å². The number of likely N-dealkylation sites (tertiary alicyclic amines) is 1. The van der Waals surface area contributed by atoms with Crippen molar-refractivity contribution in [3.63, 3.8) is 0 Å². The van der Waals surface area contributed by atoms with Crippen molar-refractivity contribution in [2.75, 3.05) is 30.7 Å². The number of furan rings is 1. The van der Waals surface area contributed by atoms with Gasteiger partial charge in [-0.3, -0.25) is 19.2 Å². The molecule has 1 aromatic carbocycles. The zero-order chi connectivity index (χ0) is 20.9. The average molecular weight is 409 g/mol. The summed E-state index contributed by atoms with van der Waals surface area (Å²) in [5, 5.41) is 3.19. The van der Waals surface area contributed by atoms with E-state index in [2.05, 4.69) is 15.2 Å². The normalized spacial score (nSPS) is 15.7. The molecule has 4 N–H and O–H groups in total. The number of nitrogens with zero attached hydrogens (tertiary/aromatic N) is 2. The van der Waals surface area contributed by atoms with E-state index in [1.54, 1.807) is 6.26 Å². The minimum atomic E-state index is -0.523. The van der Waals surface area contributed by atoms with E-state index < -0.39 is 11.2 Å². The highest BCUT2D eigenvalue weighted by Crippen LogP contribution is 2.26. The molecule has 0 bridgehead atoms. The number of anilines is 2. The number of aromatic nitrogens is 2. The summed E-state index contributed by atoms with van der Waals surface area (Å²) >= 11 is 0. The Morgan fingerprint density at radius 3 is 2.53 bits per heavy atom. The maximum absolute atomic E-state index is 12.5. The predicted octanol–water partition coefficient (Wildman–Crippen LogP) is 2.40. The van der Waals surface area contributed by atoms with E-state index >= 15 is 0 Å². The van der Waals surface area contributed by atoms with Gasteiger partial charge in [-0.05, 0) is 43.6 Å². The quantitative estimate of drug-likeness (QED) is 0.553. The number of hydrogen-bond donors (Lipinski definition) is 3. The summed E-state index contributed by atoms with van der Waals surface area (Å²) < 4.78 is 7.04. The van der Waals surface area contributed by atoms with Crippen molar-refractivity contribution < 1.29 is 4.42 Å². The number of nitrogens with one attached hydrogen (secondary N) is 2. The van der Waals surface area contributed by atoms with Gasteiger partial charge in [0.2, 0.25) is 0 Å². The highest BCUT2D eigenvalue weighted by Gasteiger charge is 2.25. The van der Waals surface area contributed by atoms with Gasteiger partial charge < -0.3 is 15.5 Å². The molecule has 3 aromatic rings. The Bertz CT molecular complexity index is 1070. The molecule has 0 radical (unpaired) electrons. The Balaban J connectivity index is 1.59. The molecular weight excluding hydrogens is 382 g/mol. The maximum Gasteiger partial charge on any atom is 0.330 e. The molecule has 8 nitrogen and oxygen atoms in total. The Hall–Kier alpha value is -3.26. The van der Waals surface area contributed by atoms with E-state index in [0.717, 1.165) is 37.3 Å². The van der Waals surface area contributed by atoms with Gasteiger partial charge in [-0.15, -0.1) is 0 Å². The number of benzene rings is 1. The first-order valence-corrected chi connectivity index (χ1v) is 10.3.